The summed E-state index contributed by atoms with van der Waals surface area (Å²) in [5, 5.41) is -0.693. The minimum atomic E-state index is -0.693. The van der Waals surface area contributed by atoms with E-state index in [-0.39, 0.29) is 5.78 Å². The lowest BCUT2D eigenvalue weighted by Crippen LogP contribution is -2.11. The highest BCUT2D eigenvalue weighted by Crippen LogP contribution is 2.34. The number of benzene rings is 4. The van der Waals surface area contributed by atoms with Gasteiger partial charge in [0.05, 0.1) is 0 Å². The molecule has 0 aliphatic heterocycles. The van der Waals surface area contributed by atoms with Crippen LogP contribution in [0.5, 0.6) is 0 Å². The maximum atomic E-state index is 12.8. The van der Waals surface area contributed by atoms with Crippen molar-refractivity contribution in [2.75, 3.05) is 4.90 Å². The smallest absolute Gasteiger partial charge is 0.185 e. The molecule has 0 radical (unpaired) electrons. The van der Waals surface area contributed by atoms with Crippen molar-refractivity contribution in [1.82, 2.24) is 0 Å². The van der Waals surface area contributed by atoms with Crippen molar-refractivity contribution >= 4 is 34.4 Å². The molecule has 2 nitrogen and oxygen atoms in total. The van der Waals surface area contributed by atoms with Crippen molar-refractivity contribution < 1.29 is 4.79 Å². The van der Waals surface area contributed by atoms with Crippen LogP contribution in [0.25, 0.3) is 0 Å². The maximum Gasteiger partial charge on any atom is 0.185 e. The summed E-state index contributed by atoms with van der Waals surface area (Å²) < 4.78 is 0. The third-order valence-corrected chi connectivity index (χ3v) is 5.21. The first-order valence-corrected chi connectivity index (χ1v) is 9.91. The van der Waals surface area contributed by atoms with Crippen molar-refractivity contribution in [3.63, 3.8) is 0 Å². The molecule has 0 bridgehead atoms. The second-order valence-electron chi connectivity index (χ2n) is 6.69. The largest absolute Gasteiger partial charge is 0.311 e. The topological polar surface area (TPSA) is 20.3 Å². The first-order valence-electron chi connectivity index (χ1n) is 9.47. The zero-order valence-corrected chi connectivity index (χ0v) is 16.5. The molecule has 0 heterocycles. The molecule has 4 rings (SSSR count). The lowest BCUT2D eigenvalue weighted by molar-refractivity contribution is 0.0987. The van der Waals surface area contributed by atoms with E-state index in [1.165, 1.54) is 0 Å². The highest BCUT2D eigenvalue weighted by atomic mass is 35.5. The first-order chi connectivity index (χ1) is 14.2. The van der Waals surface area contributed by atoms with Gasteiger partial charge in [-0.15, -0.1) is 11.6 Å². The molecule has 1 atom stereocenters. The van der Waals surface area contributed by atoms with E-state index in [2.05, 4.69) is 29.2 Å². The Hall–Kier alpha value is -3.36. The number of alkyl halides is 1. The second kappa shape index (κ2) is 8.76. The van der Waals surface area contributed by atoms with Crippen LogP contribution in [0.3, 0.4) is 0 Å². The van der Waals surface area contributed by atoms with Crippen molar-refractivity contribution in [3.05, 3.63) is 126 Å². The average Bonchev–Trinajstić information content (AvgIpc) is 2.81. The Labute approximate surface area is 176 Å². The van der Waals surface area contributed by atoms with Gasteiger partial charge in [-0.3, -0.25) is 4.79 Å². The predicted molar refractivity (Wildman–Crippen MR) is 120 cm³/mol. The summed E-state index contributed by atoms with van der Waals surface area (Å²) in [7, 11) is 0. The minimum Gasteiger partial charge on any atom is -0.311 e. The van der Waals surface area contributed by atoms with Crippen LogP contribution >= 0.6 is 11.6 Å². The zero-order chi connectivity index (χ0) is 20.1. The fourth-order valence-electron chi connectivity index (χ4n) is 3.30. The number of carbonyl (C=O) groups excluding carboxylic acids is 1. The summed E-state index contributed by atoms with van der Waals surface area (Å²) in [6, 6.07) is 37.4. The fourth-order valence-corrected chi connectivity index (χ4v) is 3.57. The SMILES string of the molecule is O=C(c1ccc(N(c2ccccc2)c2ccccc2)cc1)C(Cl)c1ccccc1. The van der Waals surface area contributed by atoms with Crippen molar-refractivity contribution in [2.24, 2.45) is 0 Å². The van der Waals surface area contributed by atoms with Gasteiger partial charge in [-0.1, -0.05) is 66.7 Å². The molecule has 0 amide bonds. The zero-order valence-electron chi connectivity index (χ0n) is 15.8. The molecule has 0 aromatic heterocycles. The number of nitrogens with zero attached hydrogens (tertiary/aromatic N) is 1. The molecular formula is C26H20ClNO. The lowest BCUT2D eigenvalue weighted by atomic mass is 10.0. The Balaban J connectivity index is 1.65. The van der Waals surface area contributed by atoms with Crippen LogP contribution < -0.4 is 4.90 Å². The van der Waals surface area contributed by atoms with Crippen LogP contribution in [0.2, 0.25) is 0 Å². The quantitative estimate of drug-likeness (QED) is 0.251. The summed E-state index contributed by atoms with van der Waals surface area (Å²) in [5.74, 6) is -0.101. The van der Waals surface area contributed by atoms with Gasteiger partial charge in [-0.2, -0.15) is 0 Å². The highest BCUT2D eigenvalue weighted by Gasteiger charge is 2.20. The number of hydrogen-bond donors (Lipinski definition) is 0. The fraction of sp³-hybridized carbons (Fsp3) is 0.0385. The molecule has 0 aliphatic rings. The summed E-state index contributed by atoms with van der Waals surface area (Å²) >= 11 is 6.43. The summed E-state index contributed by atoms with van der Waals surface area (Å²) in [6.45, 7) is 0. The number of rotatable bonds is 6. The van der Waals surface area contributed by atoms with Crippen LogP contribution in [0, 0.1) is 0 Å². The third kappa shape index (κ3) is 4.23. The van der Waals surface area contributed by atoms with Crippen molar-refractivity contribution in [3.8, 4) is 0 Å². The maximum absolute atomic E-state index is 12.8. The van der Waals surface area contributed by atoms with Crippen molar-refractivity contribution in [2.45, 2.75) is 5.38 Å². The highest BCUT2D eigenvalue weighted by molar-refractivity contribution is 6.33. The molecule has 29 heavy (non-hydrogen) atoms. The van der Waals surface area contributed by atoms with E-state index in [1.807, 2.05) is 91.0 Å². The molecule has 0 spiro atoms. The minimum absolute atomic E-state index is 0.101. The van der Waals surface area contributed by atoms with Crippen LogP contribution in [0.15, 0.2) is 115 Å². The van der Waals surface area contributed by atoms with E-state index in [0.29, 0.717) is 5.56 Å². The number of Topliss-reactive ketones (excluding diaryl/α,β-unsaturated/α-hetero) is 1. The van der Waals surface area contributed by atoms with Gasteiger partial charge in [0.25, 0.3) is 0 Å². The average molecular weight is 398 g/mol. The van der Waals surface area contributed by atoms with Gasteiger partial charge < -0.3 is 4.90 Å². The Morgan fingerprint density at radius 1 is 0.586 bits per heavy atom. The Morgan fingerprint density at radius 3 is 1.48 bits per heavy atom. The lowest BCUT2D eigenvalue weighted by Gasteiger charge is -2.25. The summed E-state index contributed by atoms with van der Waals surface area (Å²) in [4.78, 5) is 15.0. The third-order valence-electron chi connectivity index (χ3n) is 4.76. The Morgan fingerprint density at radius 2 is 1.00 bits per heavy atom. The van der Waals surface area contributed by atoms with Gasteiger partial charge in [0.15, 0.2) is 5.78 Å². The van der Waals surface area contributed by atoms with Gasteiger partial charge in [0.2, 0.25) is 0 Å². The normalized spacial score (nSPS) is 11.6. The molecule has 1 unspecified atom stereocenters. The predicted octanol–water partition coefficient (Wildman–Crippen LogP) is 7.32. The molecule has 142 valence electrons. The Kier molecular flexibility index (Phi) is 5.73. The molecule has 0 saturated carbocycles. The van der Waals surface area contributed by atoms with Crippen molar-refractivity contribution in [1.29, 1.82) is 0 Å². The number of halogens is 1. The van der Waals surface area contributed by atoms with Gasteiger partial charge in [0.1, 0.15) is 5.38 Å². The Bertz CT molecular complexity index is 1020. The number of ketones is 1. The number of anilines is 3. The van der Waals surface area contributed by atoms with Gasteiger partial charge >= 0.3 is 0 Å². The van der Waals surface area contributed by atoms with Crippen LogP contribution in [-0.4, -0.2) is 5.78 Å². The van der Waals surface area contributed by atoms with E-state index in [0.717, 1.165) is 22.6 Å². The van der Waals surface area contributed by atoms with E-state index in [9.17, 15) is 4.79 Å². The molecule has 0 aliphatic carbocycles. The monoisotopic (exact) mass is 397 g/mol. The van der Waals surface area contributed by atoms with E-state index >= 15 is 0 Å². The summed E-state index contributed by atoms with van der Waals surface area (Å²) in [6.07, 6.45) is 0. The van der Waals surface area contributed by atoms with Crippen LogP contribution in [0.1, 0.15) is 21.3 Å². The molecule has 0 saturated heterocycles. The molecule has 3 heteroatoms. The summed E-state index contributed by atoms with van der Waals surface area (Å²) in [5.41, 5.74) is 4.48. The first kappa shape index (κ1) is 19.0. The number of hydrogen-bond acceptors (Lipinski definition) is 2. The molecule has 4 aromatic rings. The number of para-hydroxylation sites is 2. The molecule has 4 aromatic carbocycles. The van der Waals surface area contributed by atoms with Gasteiger partial charge in [0, 0.05) is 22.6 Å². The molecule has 0 fully saturated rings. The van der Waals surface area contributed by atoms with E-state index in [1.54, 1.807) is 0 Å². The molecular weight excluding hydrogens is 378 g/mol. The molecule has 0 N–H and O–H groups in total. The second-order valence-corrected chi connectivity index (χ2v) is 7.13. The number of carbonyl (C=O) groups is 1. The van der Waals surface area contributed by atoms with Crippen LogP contribution in [-0.2, 0) is 0 Å². The standard InChI is InChI=1S/C26H20ClNO/c27-25(20-10-4-1-5-11-20)26(29)21-16-18-24(19-17-21)28(22-12-6-2-7-13-22)23-14-8-3-9-15-23/h1-19,25H. The van der Waals surface area contributed by atoms with Crippen LogP contribution in [0.4, 0.5) is 17.1 Å². The van der Waals surface area contributed by atoms with Gasteiger partial charge in [-0.05, 0) is 54.1 Å². The van der Waals surface area contributed by atoms with Gasteiger partial charge in [-0.25, -0.2) is 0 Å². The van der Waals surface area contributed by atoms with E-state index in [4.69, 9.17) is 11.6 Å². The van der Waals surface area contributed by atoms with E-state index < -0.39 is 5.38 Å².